The Kier molecular flexibility index (Phi) is 6.04. The average molecular weight is 290 g/mol. The van der Waals surface area contributed by atoms with E-state index in [0.717, 1.165) is 37.9 Å². The number of aryl methyl sites for hydroxylation is 1. The maximum absolute atomic E-state index is 12.7. The predicted octanol–water partition coefficient (Wildman–Crippen LogP) is 3.27. The molecule has 21 heavy (non-hydrogen) atoms. The third-order valence-corrected chi connectivity index (χ3v) is 4.38. The maximum Gasteiger partial charge on any atom is 0.255 e. The number of rotatable bonds is 8. The van der Waals surface area contributed by atoms with Crippen molar-refractivity contribution in [2.75, 3.05) is 6.54 Å². The minimum atomic E-state index is 0.236. The summed E-state index contributed by atoms with van der Waals surface area (Å²) >= 11 is 0. The van der Waals surface area contributed by atoms with Crippen LogP contribution >= 0.6 is 0 Å². The highest BCUT2D eigenvalue weighted by Gasteiger charge is 2.18. The second-order valence-electron chi connectivity index (χ2n) is 6.66. The van der Waals surface area contributed by atoms with Crippen molar-refractivity contribution in [2.24, 2.45) is 5.92 Å². The first-order valence-corrected chi connectivity index (χ1v) is 8.58. The fourth-order valence-electron chi connectivity index (χ4n) is 3.06. The molecule has 0 radical (unpaired) electrons. The Labute approximate surface area is 128 Å². The van der Waals surface area contributed by atoms with Gasteiger partial charge in [0.25, 0.3) is 5.56 Å². The summed E-state index contributed by atoms with van der Waals surface area (Å²) in [6.07, 6.45) is 6.86. The van der Waals surface area contributed by atoms with E-state index in [1.165, 1.54) is 30.5 Å². The van der Waals surface area contributed by atoms with Gasteiger partial charge in [-0.2, -0.15) is 0 Å². The van der Waals surface area contributed by atoms with Crippen LogP contribution in [-0.2, 0) is 25.9 Å². The lowest BCUT2D eigenvalue weighted by atomic mass is 10.1. The Morgan fingerprint density at radius 3 is 2.86 bits per heavy atom. The molecule has 0 fully saturated rings. The Bertz CT molecular complexity index is 517. The van der Waals surface area contributed by atoms with Gasteiger partial charge in [0.05, 0.1) is 0 Å². The molecule has 1 heterocycles. The molecule has 0 spiro atoms. The van der Waals surface area contributed by atoms with Gasteiger partial charge in [-0.15, -0.1) is 0 Å². The van der Waals surface area contributed by atoms with E-state index < -0.39 is 0 Å². The summed E-state index contributed by atoms with van der Waals surface area (Å²) < 4.78 is 2.07. The van der Waals surface area contributed by atoms with Crippen molar-refractivity contribution in [2.45, 2.75) is 72.4 Å². The highest BCUT2D eigenvalue weighted by atomic mass is 16.1. The van der Waals surface area contributed by atoms with Crippen LogP contribution in [0.25, 0.3) is 0 Å². The van der Waals surface area contributed by atoms with Crippen LogP contribution in [-0.4, -0.2) is 11.1 Å². The minimum absolute atomic E-state index is 0.236. The van der Waals surface area contributed by atoms with E-state index in [9.17, 15) is 4.79 Å². The van der Waals surface area contributed by atoms with Gasteiger partial charge < -0.3 is 9.88 Å². The normalized spacial score (nSPS) is 13.9. The summed E-state index contributed by atoms with van der Waals surface area (Å²) in [5, 5.41) is 3.41. The van der Waals surface area contributed by atoms with Gasteiger partial charge in [-0.3, -0.25) is 4.79 Å². The van der Waals surface area contributed by atoms with Crippen molar-refractivity contribution >= 4 is 0 Å². The number of pyridine rings is 1. The zero-order chi connectivity index (χ0) is 15.2. The molecule has 2 rings (SSSR count). The standard InChI is InChI=1S/C18H30N2O/c1-4-5-10-19-13-16-12-15-7-6-8-17(15)20(18(16)21)11-9-14(2)3/h12,14,19H,4-11,13H2,1-3H3. The lowest BCUT2D eigenvalue weighted by Gasteiger charge is -2.16. The fourth-order valence-corrected chi connectivity index (χ4v) is 3.06. The zero-order valence-corrected chi connectivity index (χ0v) is 13.9. The number of hydrogen-bond donors (Lipinski definition) is 1. The summed E-state index contributed by atoms with van der Waals surface area (Å²) in [6, 6.07) is 2.16. The number of aromatic nitrogens is 1. The molecule has 0 aliphatic heterocycles. The van der Waals surface area contributed by atoms with Crippen LogP contribution in [0.4, 0.5) is 0 Å². The average Bonchev–Trinajstić information content (AvgIpc) is 2.90. The van der Waals surface area contributed by atoms with E-state index in [2.05, 4.69) is 36.7 Å². The Balaban J connectivity index is 2.18. The van der Waals surface area contributed by atoms with Gasteiger partial charge in [0, 0.05) is 24.3 Å². The summed E-state index contributed by atoms with van der Waals surface area (Å²) in [6.45, 7) is 9.23. The lowest BCUT2D eigenvalue weighted by molar-refractivity contribution is 0.495. The molecule has 0 aromatic carbocycles. The van der Waals surface area contributed by atoms with E-state index in [4.69, 9.17) is 0 Å². The van der Waals surface area contributed by atoms with Gasteiger partial charge in [-0.05, 0) is 56.2 Å². The summed E-state index contributed by atoms with van der Waals surface area (Å²) in [4.78, 5) is 12.7. The Morgan fingerprint density at radius 2 is 2.14 bits per heavy atom. The van der Waals surface area contributed by atoms with Gasteiger partial charge in [0.15, 0.2) is 0 Å². The van der Waals surface area contributed by atoms with Gasteiger partial charge >= 0.3 is 0 Å². The van der Waals surface area contributed by atoms with Crippen molar-refractivity contribution in [3.05, 3.63) is 33.2 Å². The summed E-state index contributed by atoms with van der Waals surface area (Å²) in [5.41, 5.74) is 3.90. The first kappa shape index (κ1) is 16.3. The number of nitrogens with zero attached hydrogens (tertiary/aromatic N) is 1. The number of fused-ring (bicyclic) bond motifs is 1. The molecule has 0 saturated heterocycles. The molecule has 118 valence electrons. The lowest BCUT2D eigenvalue weighted by Crippen LogP contribution is -2.30. The minimum Gasteiger partial charge on any atom is -0.312 e. The van der Waals surface area contributed by atoms with Crippen LogP contribution in [0, 0.1) is 5.92 Å². The molecule has 0 unspecified atom stereocenters. The van der Waals surface area contributed by atoms with Crippen molar-refractivity contribution < 1.29 is 0 Å². The Morgan fingerprint density at radius 1 is 1.33 bits per heavy atom. The van der Waals surface area contributed by atoms with Gasteiger partial charge in [0.2, 0.25) is 0 Å². The molecule has 0 amide bonds. The maximum atomic E-state index is 12.7. The van der Waals surface area contributed by atoms with Crippen molar-refractivity contribution in [1.29, 1.82) is 0 Å². The van der Waals surface area contributed by atoms with Crippen LogP contribution in [0.2, 0.25) is 0 Å². The van der Waals surface area contributed by atoms with Crippen LogP contribution in [0.3, 0.4) is 0 Å². The molecular formula is C18H30N2O. The smallest absolute Gasteiger partial charge is 0.255 e. The number of hydrogen-bond acceptors (Lipinski definition) is 2. The van der Waals surface area contributed by atoms with Crippen LogP contribution in [0.5, 0.6) is 0 Å². The first-order chi connectivity index (χ1) is 10.1. The SMILES string of the molecule is CCCCNCc1cc2c(n(CCC(C)C)c1=O)CCC2. The van der Waals surface area contributed by atoms with E-state index in [-0.39, 0.29) is 5.56 Å². The highest BCUT2D eigenvalue weighted by Crippen LogP contribution is 2.22. The van der Waals surface area contributed by atoms with Gasteiger partial charge in [-0.1, -0.05) is 27.2 Å². The second kappa shape index (κ2) is 7.79. The molecule has 1 aliphatic rings. The van der Waals surface area contributed by atoms with Crippen LogP contribution in [0.15, 0.2) is 10.9 Å². The molecule has 1 aromatic rings. The highest BCUT2D eigenvalue weighted by molar-refractivity contribution is 5.30. The number of unbranched alkanes of at least 4 members (excludes halogenated alkanes) is 1. The van der Waals surface area contributed by atoms with Crippen LogP contribution in [0.1, 0.15) is 63.3 Å². The largest absolute Gasteiger partial charge is 0.312 e. The van der Waals surface area contributed by atoms with Crippen molar-refractivity contribution in [1.82, 2.24) is 9.88 Å². The van der Waals surface area contributed by atoms with Gasteiger partial charge in [-0.25, -0.2) is 0 Å². The molecule has 1 aliphatic carbocycles. The quantitative estimate of drug-likeness (QED) is 0.746. The number of nitrogens with one attached hydrogen (secondary N) is 1. The van der Waals surface area contributed by atoms with E-state index in [1.807, 2.05) is 0 Å². The van der Waals surface area contributed by atoms with E-state index >= 15 is 0 Å². The molecule has 0 bridgehead atoms. The molecular weight excluding hydrogens is 260 g/mol. The van der Waals surface area contributed by atoms with Gasteiger partial charge in [0.1, 0.15) is 0 Å². The molecule has 1 aromatic heterocycles. The Hall–Kier alpha value is -1.09. The van der Waals surface area contributed by atoms with Crippen molar-refractivity contribution in [3.8, 4) is 0 Å². The van der Waals surface area contributed by atoms with E-state index in [0.29, 0.717) is 12.5 Å². The second-order valence-corrected chi connectivity index (χ2v) is 6.66. The monoisotopic (exact) mass is 290 g/mol. The fraction of sp³-hybridized carbons (Fsp3) is 0.722. The third-order valence-electron chi connectivity index (χ3n) is 4.38. The molecule has 3 heteroatoms. The summed E-state index contributed by atoms with van der Waals surface area (Å²) in [7, 11) is 0. The zero-order valence-electron chi connectivity index (χ0n) is 13.9. The molecule has 0 saturated carbocycles. The van der Waals surface area contributed by atoms with E-state index in [1.54, 1.807) is 0 Å². The molecule has 0 atom stereocenters. The summed E-state index contributed by atoms with van der Waals surface area (Å²) in [5.74, 6) is 0.639. The molecule has 3 nitrogen and oxygen atoms in total. The van der Waals surface area contributed by atoms with Crippen LogP contribution < -0.4 is 10.9 Å². The third kappa shape index (κ3) is 4.19. The topological polar surface area (TPSA) is 34.0 Å². The first-order valence-electron chi connectivity index (χ1n) is 8.58. The predicted molar refractivity (Wildman–Crippen MR) is 88.8 cm³/mol. The molecule has 1 N–H and O–H groups in total. The van der Waals surface area contributed by atoms with Crippen molar-refractivity contribution in [3.63, 3.8) is 0 Å².